The van der Waals surface area contributed by atoms with Crippen molar-refractivity contribution in [1.82, 2.24) is 15.1 Å². The van der Waals surface area contributed by atoms with Gasteiger partial charge in [-0.1, -0.05) is 57.2 Å². The Labute approximate surface area is 225 Å². The number of nitrogens with zero attached hydrogens (tertiary/aromatic N) is 2. The maximum Gasteiger partial charge on any atom is 0.347 e. The molecule has 1 amide bonds. The van der Waals surface area contributed by atoms with Gasteiger partial charge in [-0.2, -0.15) is 5.10 Å². The number of carboxylic acids is 1. The third kappa shape index (κ3) is 7.01. The van der Waals surface area contributed by atoms with Crippen molar-refractivity contribution >= 4 is 11.9 Å². The van der Waals surface area contributed by atoms with Crippen LogP contribution in [0.25, 0.3) is 11.3 Å². The van der Waals surface area contributed by atoms with E-state index < -0.39 is 11.6 Å². The number of amides is 1. The molecule has 2 aromatic carbocycles. The Morgan fingerprint density at radius 1 is 1.03 bits per heavy atom. The molecule has 0 fully saturated rings. The average Bonchev–Trinajstić information content (AvgIpc) is 3.31. The van der Waals surface area contributed by atoms with Crippen LogP contribution in [0.2, 0.25) is 0 Å². The van der Waals surface area contributed by atoms with E-state index in [0.717, 1.165) is 22.4 Å². The van der Waals surface area contributed by atoms with Crippen LogP contribution >= 0.6 is 0 Å². The van der Waals surface area contributed by atoms with Crippen LogP contribution in [0.3, 0.4) is 0 Å². The Bertz CT molecular complexity index is 1270. The van der Waals surface area contributed by atoms with Crippen LogP contribution in [-0.4, -0.2) is 46.1 Å². The van der Waals surface area contributed by atoms with Crippen molar-refractivity contribution < 1.29 is 24.2 Å². The lowest BCUT2D eigenvalue weighted by molar-refractivity contribution is -0.152. The molecule has 2 N–H and O–H groups in total. The minimum Gasteiger partial charge on any atom is -0.478 e. The van der Waals surface area contributed by atoms with Gasteiger partial charge in [-0.25, -0.2) is 4.79 Å². The van der Waals surface area contributed by atoms with E-state index in [0.29, 0.717) is 37.6 Å². The average molecular weight is 522 g/mol. The first-order valence-corrected chi connectivity index (χ1v) is 12.9. The molecule has 0 bridgehead atoms. The highest BCUT2D eigenvalue weighted by Crippen LogP contribution is 2.27. The summed E-state index contributed by atoms with van der Waals surface area (Å²) in [5.41, 5.74) is 3.81. The van der Waals surface area contributed by atoms with Gasteiger partial charge in [0.25, 0.3) is 5.91 Å². The molecular weight excluding hydrogens is 482 g/mol. The van der Waals surface area contributed by atoms with E-state index in [-0.39, 0.29) is 11.3 Å². The second-order valence-corrected chi connectivity index (χ2v) is 10.8. The molecule has 0 saturated heterocycles. The van der Waals surface area contributed by atoms with Crippen LogP contribution in [0.5, 0.6) is 5.75 Å². The number of benzene rings is 2. The van der Waals surface area contributed by atoms with Crippen molar-refractivity contribution in [1.29, 1.82) is 0 Å². The largest absolute Gasteiger partial charge is 0.478 e. The van der Waals surface area contributed by atoms with Crippen molar-refractivity contribution in [3.63, 3.8) is 0 Å². The summed E-state index contributed by atoms with van der Waals surface area (Å²) in [7, 11) is 1.61. The topological polar surface area (TPSA) is 103 Å². The predicted molar refractivity (Wildman–Crippen MR) is 148 cm³/mol. The molecule has 0 aliphatic rings. The number of aromatic nitrogens is 2. The van der Waals surface area contributed by atoms with Gasteiger partial charge < -0.3 is 19.9 Å². The lowest BCUT2D eigenvalue weighted by atomic mass is 9.86. The van der Waals surface area contributed by atoms with Gasteiger partial charge in [0.15, 0.2) is 5.60 Å². The molecule has 0 atom stereocenters. The van der Waals surface area contributed by atoms with E-state index in [2.05, 4.69) is 43.3 Å². The summed E-state index contributed by atoms with van der Waals surface area (Å²) in [5.74, 6) is -0.790. The van der Waals surface area contributed by atoms with Gasteiger partial charge in [0.1, 0.15) is 11.4 Å². The van der Waals surface area contributed by atoms with Crippen molar-refractivity contribution in [2.75, 3.05) is 13.7 Å². The normalized spacial score (nSPS) is 11.9. The molecule has 0 saturated carbocycles. The summed E-state index contributed by atoms with van der Waals surface area (Å²) >= 11 is 0. The Balaban J connectivity index is 1.77. The van der Waals surface area contributed by atoms with Crippen molar-refractivity contribution in [3.8, 4) is 17.0 Å². The fraction of sp³-hybridized carbons (Fsp3) is 0.433. The number of aryl methyl sites for hydroxylation is 1. The number of methoxy groups -OCH3 is 1. The summed E-state index contributed by atoms with van der Waals surface area (Å²) < 4.78 is 12.7. The van der Waals surface area contributed by atoms with Gasteiger partial charge in [0, 0.05) is 25.8 Å². The third-order valence-electron chi connectivity index (χ3n) is 6.39. The minimum atomic E-state index is -1.37. The molecule has 3 aromatic rings. The molecule has 204 valence electrons. The maximum atomic E-state index is 13.1. The van der Waals surface area contributed by atoms with Crippen LogP contribution in [-0.2, 0) is 34.5 Å². The number of carboxylic acid groups (broad SMARTS) is 1. The lowest BCUT2D eigenvalue weighted by Gasteiger charge is -2.24. The zero-order valence-electron chi connectivity index (χ0n) is 23.4. The molecule has 8 heteroatoms. The summed E-state index contributed by atoms with van der Waals surface area (Å²) in [6.07, 6.45) is 0.545. The third-order valence-corrected chi connectivity index (χ3v) is 6.39. The first kappa shape index (κ1) is 28.9. The highest BCUT2D eigenvalue weighted by atomic mass is 16.5. The fourth-order valence-electron chi connectivity index (χ4n) is 3.96. The molecule has 0 aliphatic carbocycles. The Hall–Kier alpha value is -3.65. The zero-order valence-corrected chi connectivity index (χ0v) is 23.4. The summed E-state index contributed by atoms with van der Waals surface area (Å²) in [4.78, 5) is 24.7. The van der Waals surface area contributed by atoms with Crippen LogP contribution in [0.4, 0.5) is 0 Å². The zero-order chi connectivity index (χ0) is 28.1. The molecule has 1 aromatic heterocycles. The second kappa shape index (κ2) is 11.8. The number of ether oxygens (including phenoxy) is 2. The smallest absolute Gasteiger partial charge is 0.347 e. The van der Waals surface area contributed by atoms with Gasteiger partial charge in [-0.05, 0) is 61.4 Å². The first-order valence-electron chi connectivity index (χ1n) is 12.9. The number of aliphatic carboxylic acids is 1. The number of carbonyl (C=O) groups is 2. The SMILES string of the molecule is CCn1nc(-c2ccc(C(C)(C)C)cc2)cc1C(=O)NCc1ccc(OC(C)(C)C(=O)O)c(CCOC)c1. The Morgan fingerprint density at radius 2 is 1.71 bits per heavy atom. The molecule has 0 radical (unpaired) electrons. The van der Waals surface area contributed by atoms with Crippen LogP contribution < -0.4 is 10.1 Å². The van der Waals surface area contributed by atoms with E-state index in [4.69, 9.17) is 9.47 Å². The van der Waals surface area contributed by atoms with E-state index >= 15 is 0 Å². The van der Waals surface area contributed by atoms with E-state index in [9.17, 15) is 14.7 Å². The summed E-state index contributed by atoms with van der Waals surface area (Å²) in [5, 5.41) is 17.1. The highest BCUT2D eigenvalue weighted by Gasteiger charge is 2.30. The van der Waals surface area contributed by atoms with E-state index in [1.54, 1.807) is 17.9 Å². The molecule has 3 rings (SSSR count). The molecule has 0 unspecified atom stereocenters. The lowest BCUT2D eigenvalue weighted by Crippen LogP contribution is -2.38. The van der Waals surface area contributed by atoms with Crippen LogP contribution in [0, 0.1) is 0 Å². The summed E-state index contributed by atoms with van der Waals surface area (Å²) in [6.45, 7) is 12.8. The quantitative estimate of drug-likeness (QED) is 0.358. The number of carbonyl (C=O) groups excluding carboxylic acids is 1. The molecule has 8 nitrogen and oxygen atoms in total. The fourth-order valence-corrected chi connectivity index (χ4v) is 3.96. The standard InChI is InChI=1S/C30H39N3O5/c1-8-33-25(18-24(32-33)21-10-12-23(13-11-21)29(2,3)4)27(34)31-19-20-9-14-26(22(17-20)15-16-37-7)38-30(5,6)28(35)36/h9-14,17-18H,8,15-16,19H2,1-7H3,(H,31,34)(H,35,36). The molecule has 0 aliphatic heterocycles. The van der Waals surface area contributed by atoms with E-state index in [1.807, 2.05) is 37.3 Å². The van der Waals surface area contributed by atoms with Gasteiger partial charge in [0.2, 0.25) is 0 Å². The molecular formula is C30H39N3O5. The van der Waals surface area contributed by atoms with Crippen molar-refractivity contribution in [2.24, 2.45) is 0 Å². The Morgan fingerprint density at radius 3 is 2.29 bits per heavy atom. The van der Waals surface area contributed by atoms with Crippen LogP contribution in [0.1, 0.15) is 68.7 Å². The van der Waals surface area contributed by atoms with Crippen molar-refractivity contribution in [2.45, 2.75) is 72.1 Å². The number of hydrogen-bond donors (Lipinski definition) is 2. The molecule has 0 spiro atoms. The van der Waals surface area contributed by atoms with Crippen LogP contribution in [0.15, 0.2) is 48.5 Å². The predicted octanol–water partition coefficient (Wildman–Crippen LogP) is 5.23. The number of hydrogen-bond acceptors (Lipinski definition) is 5. The molecule has 38 heavy (non-hydrogen) atoms. The summed E-state index contributed by atoms with van der Waals surface area (Å²) in [6, 6.07) is 15.6. The van der Waals surface area contributed by atoms with Gasteiger partial charge in [-0.3, -0.25) is 9.48 Å². The van der Waals surface area contributed by atoms with Crippen molar-refractivity contribution in [3.05, 3.63) is 70.9 Å². The maximum absolute atomic E-state index is 13.1. The van der Waals surface area contributed by atoms with Gasteiger partial charge >= 0.3 is 5.97 Å². The highest BCUT2D eigenvalue weighted by molar-refractivity contribution is 5.93. The first-order chi connectivity index (χ1) is 17.9. The second-order valence-electron chi connectivity index (χ2n) is 10.8. The van der Waals surface area contributed by atoms with Gasteiger partial charge in [0.05, 0.1) is 12.3 Å². The van der Waals surface area contributed by atoms with Gasteiger partial charge in [-0.15, -0.1) is 0 Å². The number of nitrogens with one attached hydrogen (secondary N) is 1. The minimum absolute atomic E-state index is 0.0621. The molecule has 1 heterocycles. The van der Waals surface area contributed by atoms with E-state index in [1.165, 1.54) is 19.4 Å². The monoisotopic (exact) mass is 521 g/mol. The Kier molecular flexibility index (Phi) is 8.99. The number of rotatable bonds is 11.